The second-order valence-electron chi connectivity index (χ2n) is 4.09. The normalized spacial score (nSPS) is 28.0. The highest BCUT2D eigenvalue weighted by atomic mass is 16.6. The highest BCUT2D eigenvalue weighted by Gasteiger charge is 2.28. The SMILES string of the molecule is CC(C)C1CCC(OC(=O)CO)C1. The van der Waals surface area contributed by atoms with Crippen LogP contribution in [0.5, 0.6) is 0 Å². The van der Waals surface area contributed by atoms with Crippen molar-refractivity contribution >= 4 is 5.97 Å². The van der Waals surface area contributed by atoms with E-state index in [-0.39, 0.29) is 6.10 Å². The zero-order valence-corrected chi connectivity index (χ0v) is 8.32. The number of aliphatic hydroxyl groups is 1. The first-order chi connectivity index (χ1) is 6.13. The van der Waals surface area contributed by atoms with E-state index in [1.54, 1.807) is 0 Å². The standard InChI is InChI=1S/C10H18O3/c1-7(2)8-3-4-9(5-8)13-10(12)6-11/h7-9,11H,3-6H2,1-2H3. The molecule has 76 valence electrons. The molecule has 1 aliphatic rings. The van der Waals surface area contributed by atoms with Crippen molar-refractivity contribution in [1.29, 1.82) is 0 Å². The van der Waals surface area contributed by atoms with Gasteiger partial charge in [-0.2, -0.15) is 0 Å². The number of hydrogen-bond donors (Lipinski definition) is 1. The smallest absolute Gasteiger partial charge is 0.332 e. The quantitative estimate of drug-likeness (QED) is 0.677. The van der Waals surface area contributed by atoms with E-state index in [1.807, 2.05) is 0 Å². The van der Waals surface area contributed by atoms with Crippen LogP contribution in [-0.2, 0) is 9.53 Å². The van der Waals surface area contributed by atoms with Crippen molar-refractivity contribution in [3.63, 3.8) is 0 Å². The maximum atomic E-state index is 10.8. The Morgan fingerprint density at radius 1 is 1.54 bits per heavy atom. The Labute approximate surface area is 79.1 Å². The molecule has 0 radical (unpaired) electrons. The van der Waals surface area contributed by atoms with Gasteiger partial charge in [0, 0.05) is 0 Å². The lowest BCUT2D eigenvalue weighted by Crippen LogP contribution is -2.18. The molecular formula is C10H18O3. The fourth-order valence-electron chi connectivity index (χ4n) is 1.91. The zero-order chi connectivity index (χ0) is 9.84. The van der Waals surface area contributed by atoms with Crippen molar-refractivity contribution in [2.75, 3.05) is 6.61 Å². The van der Waals surface area contributed by atoms with Crippen molar-refractivity contribution < 1.29 is 14.6 Å². The van der Waals surface area contributed by atoms with E-state index >= 15 is 0 Å². The van der Waals surface area contributed by atoms with Gasteiger partial charge in [0.2, 0.25) is 0 Å². The maximum absolute atomic E-state index is 10.8. The zero-order valence-electron chi connectivity index (χ0n) is 8.32. The van der Waals surface area contributed by atoms with Gasteiger partial charge >= 0.3 is 5.97 Å². The first-order valence-corrected chi connectivity index (χ1v) is 4.93. The molecule has 0 saturated heterocycles. The van der Waals surface area contributed by atoms with Crippen molar-refractivity contribution in [2.45, 2.75) is 39.2 Å². The second kappa shape index (κ2) is 4.61. The predicted octanol–water partition coefficient (Wildman–Crippen LogP) is 1.35. The Morgan fingerprint density at radius 3 is 2.69 bits per heavy atom. The summed E-state index contributed by atoms with van der Waals surface area (Å²) in [6, 6.07) is 0. The van der Waals surface area contributed by atoms with Gasteiger partial charge in [0.1, 0.15) is 12.7 Å². The molecule has 1 saturated carbocycles. The number of esters is 1. The first kappa shape index (κ1) is 10.5. The highest BCUT2D eigenvalue weighted by molar-refractivity contribution is 5.70. The van der Waals surface area contributed by atoms with Crippen LogP contribution < -0.4 is 0 Å². The van der Waals surface area contributed by atoms with Crippen LogP contribution in [0.25, 0.3) is 0 Å². The fourth-order valence-corrected chi connectivity index (χ4v) is 1.91. The van der Waals surface area contributed by atoms with Gasteiger partial charge in [-0.3, -0.25) is 0 Å². The number of carbonyl (C=O) groups excluding carboxylic acids is 1. The molecule has 0 aromatic rings. The molecule has 2 atom stereocenters. The Bertz CT molecular complexity index is 177. The molecule has 0 amide bonds. The van der Waals surface area contributed by atoms with Crippen LogP contribution in [0.4, 0.5) is 0 Å². The minimum atomic E-state index is -0.497. The summed E-state index contributed by atoms with van der Waals surface area (Å²) in [7, 11) is 0. The topological polar surface area (TPSA) is 46.5 Å². The summed E-state index contributed by atoms with van der Waals surface area (Å²) in [6.07, 6.45) is 3.10. The van der Waals surface area contributed by atoms with E-state index in [4.69, 9.17) is 9.84 Å². The van der Waals surface area contributed by atoms with Gasteiger partial charge in [-0.05, 0) is 31.1 Å². The molecular weight excluding hydrogens is 168 g/mol. The Morgan fingerprint density at radius 2 is 2.23 bits per heavy atom. The molecule has 13 heavy (non-hydrogen) atoms. The molecule has 1 fully saturated rings. The fraction of sp³-hybridized carbons (Fsp3) is 0.900. The highest BCUT2D eigenvalue weighted by Crippen LogP contribution is 2.32. The molecule has 2 unspecified atom stereocenters. The summed E-state index contributed by atoms with van der Waals surface area (Å²) in [5.74, 6) is 0.851. The minimum Gasteiger partial charge on any atom is -0.461 e. The molecule has 1 aliphatic carbocycles. The molecule has 0 bridgehead atoms. The lowest BCUT2D eigenvalue weighted by molar-refractivity contribution is -0.152. The number of rotatable bonds is 3. The lowest BCUT2D eigenvalue weighted by atomic mass is 9.95. The number of aliphatic hydroxyl groups excluding tert-OH is 1. The van der Waals surface area contributed by atoms with E-state index in [2.05, 4.69) is 13.8 Å². The summed E-state index contributed by atoms with van der Waals surface area (Å²) >= 11 is 0. The van der Waals surface area contributed by atoms with Crippen LogP contribution >= 0.6 is 0 Å². The maximum Gasteiger partial charge on any atom is 0.332 e. The summed E-state index contributed by atoms with van der Waals surface area (Å²) in [4.78, 5) is 10.8. The van der Waals surface area contributed by atoms with Gasteiger partial charge in [-0.1, -0.05) is 13.8 Å². The second-order valence-corrected chi connectivity index (χ2v) is 4.09. The largest absolute Gasteiger partial charge is 0.461 e. The summed E-state index contributed by atoms with van der Waals surface area (Å²) in [5, 5.41) is 8.50. The van der Waals surface area contributed by atoms with Gasteiger partial charge in [0.15, 0.2) is 0 Å². The van der Waals surface area contributed by atoms with E-state index in [1.165, 1.54) is 0 Å². The Kier molecular flexibility index (Phi) is 3.72. The lowest BCUT2D eigenvalue weighted by Gasteiger charge is -2.14. The van der Waals surface area contributed by atoms with E-state index in [9.17, 15) is 4.79 Å². The molecule has 0 aromatic heterocycles. The number of carbonyl (C=O) groups is 1. The summed E-state index contributed by atoms with van der Waals surface area (Å²) in [5.41, 5.74) is 0. The molecule has 0 heterocycles. The molecule has 0 aromatic carbocycles. The molecule has 3 heteroatoms. The third kappa shape index (κ3) is 2.99. The average Bonchev–Trinajstić information content (AvgIpc) is 2.52. The Hall–Kier alpha value is -0.570. The summed E-state index contributed by atoms with van der Waals surface area (Å²) in [6.45, 7) is 3.89. The number of ether oxygens (including phenoxy) is 1. The van der Waals surface area contributed by atoms with Gasteiger partial charge in [0.25, 0.3) is 0 Å². The van der Waals surface area contributed by atoms with E-state index in [0.29, 0.717) is 11.8 Å². The molecule has 0 spiro atoms. The van der Waals surface area contributed by atoms with Crippen molar-refractivity contribution in [2.24, 2.45) is 11.8 Å². The third-order valence-electron chi connectivity index (χ3n) is 2.80. The van der Waals surface area contributed by atoms with Gasteiger partial charge in [-0.15, -0.1) is 0 Å². The minimum absolute atomic E-state index is 0.0482. The van der Waals surface area contributed by atoms with E-state index in [0.717, 1.165) is 19.3 Å². The average molecular weight is 186 g/mol. The van der Waals surface area contributed by atoms with Gasteiger partial charge < -0.3 is 9.84 Å². The summed E-state index contributed by atoms with van der Waals surface area (Å²) < 4.78 is 5.05. The van der Waals surface area contributed by atoms with Crippen LogP contribution in [0, 0.1) is 11.8 Å². The predicted molar refractivity (Wildman–Crippen MR) is 49.1 cm³/mol. The molecule has 3 nitrogen and oxygen atoms in total. The third-order valence-corrected chi connectivity index (χ3v) is 2.80. The van der Waals surface area contributed by atoms with Gasteiger partial charge in [0.05, 0.1) is 0 Å². The van der Waals surface area contributed by atoms with Crippen molar-refractivity contribution in [1.82, 2.24) is 0 Å². The Balaban J connectivity index is 2.29. The molecule has 0 aliphatic heterocycles. The molecule has 1 N–H and O–H groups in total. The first-order valence-electron chi connectivity index (χ1n) is 4.93. The van der Waals surface area contributed by atoms with E-state index < -0.39 is 12.6 Å². The molecule has 1 rings (SSSR count). The van der Waals surface area contributed by atoms with Crippen LogP contribution in [0.2, 0.25) is 0 Å². The monoisotopic (exact) mass is 186 g/mol. The van der Waals surface area contributed by atoms with Crippen LogP contribution in [0.1, 0.15) is 33.1 Å². The van der Waals surface area contributed by atoms with Crippen LogP contribution in [0.3, 0.4) is 0 Å². The van der Waals surface area contributed by atoms with Crippen molar-refractivity contribution in [3.05, 3.63) is 0 Å². The van der Waals surface area contributed by atoms with Gasteiger partial charge in [-0.25, -0.2) is 4.79 Å². The van der Waals surface area contributed by atoms with Crippen LogP contribution in [0.15, 0.2) is 0 Å². The number of hydrogen-bond acceptors (Lipinski definition) is 3. The van der Waals surface area contributed by atoms with Crippen LogP contribution in [-0.4, -0.2) is 23.8 Å². The van der Waals surface area contributed by atoms with Crippen molar-refractivity contribution in [3.8, 4) is 0 Å².